The number of thioether (sulfide) groups is 1. The van der Waals surface area contributed by atoms with E-state index in [9.17, 15) is 9.59 Å². The molecule has 1 saturated heterocycles. The van der Waals surface area contributed by atoms with Gasteiger partial charge in [0, 0.05) is 12.3 Å². The zero-order valence-corrected chi connectivity index (χ0v) is 12.3. The van der Waals surface area contributed by atoms with E-state index in [1.165, 1.54) is 16.7 Å². The molecular weight excluding hydrogens is 290 g/mol. The molecule has 2 rings (SSSR count). The third kappa shape index (κ3) is 3.47. The van der Waals surface area contributed by atoms with Gasteiger partial charge in [0.25, 0.3) is 0 Å². The topological polar surface area (TPSA) is 93.4 Å². The van der Waals surface area contributed by atoms with Crippen LogP contribution in [0.5, 0.6) is 0 Å². The van der Waals surface area contributed by atoms with Gasteiger partial charge in [0.15, 0.2) is 0 Å². The van der Waals surface area contributed by atoms with Crippen LogP contribution < -0.4 is 5.32 Å². The summed E-state index contributed by atoms with van der Waals surface area (Å²) in [5, 5.41) is 20.4. The molecule has 2 atom stereocenters. The Morgan fingerprint density at radius 1 is 1.48 bits per heavy atom. The number of carbonyl (C=O) groups is 2. The first-order chi connectivity index (χ1) is 10.0. The van der Waals surface area contributed by atoms with Crippen molar-refractivity contribution in [3.8, 4) is 6.07 Å². The fraction of sp³-hybridized carbons (Fsp3) is 0.357. The maximum absolute atomic E-state index is 12.2. The number of carboxylic acids is 1. The predicted octanol–water partition coefficient (Wildman–Crippen LogP) is 1.62. The van der Waals surface area contributed by atoms with Crippen LogP contribution in [0.1, 0.15) is 18.1 Å². The number of benzene rings is 1. The SMILES string of the molecule is CC1SCC(C(=O)O)N1C(=O)NCc1ccc(C#N)cc1. The molecule has 0 bridgehead atoms. The van der Waals surface area contributed by atoms with Crippen molar-refractivity contribution < 1.29 is 14.7 Å². The summed E-state index contributed by atoms with van der Waals surface area (Å²) in [7, 11) is 0. The first-order valence-corrected chi connectivity index (χ1v) is 7.47. The number of nitrogens with one attached hydrogen (secondary N) is 1. The lowest BCUT2D eigenvalue weighted by molar-refractivity contribution is -0.141. The number of nitrogens with zero attached hydrogens (tertiary/aromatic N) is 2. The van der Waals surface area contributed by atoms with E-state index in [4.69, 9.17) is 10.4 Å². The normalized spacial score (nSPS) is 20.9. The minimum atomic E-state index is -0.986. The van der Waals surface area contributed by atoms with Crippen LogP contribution in [-0.2, 0) is 11.3 Å². The molecule has 2 unspecified atom stereocenters. The zero-order valence-electron chi connectivity index (χ0n) is 11.4. The van der Waals surface area contributed by atoms with Crippen molar-refractivity contribution in [2.75, 3.05) is 5.75 Å². The Morgan fingerprint density at radius 2 is 2.14 bits per heavy atom. The molecule has 1 aliphatic rings. The second-order valence-electron chi connectivity index (χ2n) is 4.66. The Morgan fingerprint density at radius 3 is 2.71 bits per heavy atom. The molecule has 6 nitrogen and oxygen atoms in total. The highest BCUT2D eigenvalue weighted by Crippen LogP contribution is 2.28. The molecule has 21 heavy (non-hydrogen) atoms. The largest absolute Gasteiger partial charge is 0.480 e. The third-order valence-corrected chi connectivity index (χ3v) is 4.49. The lowest BCUT2D eigenvalue weighted by atomic mass is 10.1. The van der Waals surface area contributed by atoms with E-state index in [1.54, 1.807) is 24.3 Å². The van der Waals surface area contributed by atoms with Crippen LogP contribution in [0.2, 0.25) is 0 Å². The lowest BCUT2D eigenvalue weighted by Crippen LogP contribution is -2.49. The van der Waals surface area contributed by atoms with Crippen molar-refractivity contribution in [1.82, 2.24) is 10.2 Å². The summed E-state index contributed by atoms with van der Waals surface area (Å²) >= 11 is 1.44. The van der Waals surface area contributed by atoms with E-state index in [-0.39, 0.29) is 11.4 Å². The van der Waals surface area contributed by atoms with Crippen LogP contribution in [0.15, 0.2) is 24.3 Å². The number of hydrogen-bond donors (Lipinski definition) is 2. The first-order valence-electron chi connectivity index (χ1n) is 6.42. The van der Waals surface area contributed by atoms with Gasteiger partial charge in [-0.05, 0) is 24.6 Å². The Hall–Kier alpha value is -2.20. The molecule has 2 N–H and O–H groups in total. The average molecular weight is 305 g/mol. The summed E-state index contributed by atoms with van der Waals surface area (Å²) in [6.07, 6.45) is 0. The van der Waals surface area contributed by atoms with E-state index in [1.807, 2.05) is 13.0 Å². The van der Waals surface area contributed by atoms with Crippen molar-refractivity contribution in [2.24, 2.45) is 0 Å². The Balaban J connectivity index is 1.97. The summed E-state index contributed by atoms with van der Waals surface area (Å²) in [5.41, 5.74) is 1.41. The van der Waals surface area contributed by atoms with E-state index >= 15 is 0 Å². The van der Waals surface area contributed by atoms with Crippen molar-refractivity contribution in [3.05, 3.63) is 35.4 Å². The molecular formula is C14H15N3O3S. The van der Waals surface area contributed by atoms with Crippen LogP contribution in [0.3, 0.4) is 0 Å². The number of nitriles is 1. The number of rotatable bonds is 3. The maximum atomic E-state index is 12.2. The first kappa shape index (κ1) is 15.2. The van der Waals surface area contributed by atoms with Crippen molar-refractivity contribution in [1.29, 1.82) is 5.26 Å². The standard InChI is InChI=1S/C14H15N3O3S/c1-9-17(12(8-21-9)13(18)19)14(20)16-7-11-4-2-10(6-15)3-5-11/h2-5,9,12H,7-8H2,1H3,(H,16,20)(H,18,19). The molecule has 1 fully saturated rings. The van der Waals surface area contributed by atoms with Gasteiger partial charge < -0.3 is 10.4 Å². The van der Waals surface area contributed by atoms with Crippen LogP contribution in [0.4, 0.5) is 4.79 Å². The molecule has 1 heterocycles. The highest BCUT2D eigenvalue weighted by atomic mass is 32.2. The molecule has 0 radical (unpaired) electrons. The Labute approximate surface area is 126 Å². The number of aliphatic carboxylic acids is 1. The molecule has 110 valence electrons. The molecule has 2 amide bonds. The van der Waals surface area contributed by atoms with Gasteiger partial charge in [-0.25, -0.2) is 9.59 Å². The van der Waals surface area contributed by atoms with E-state index < -0.39 is 12.0 Å². The van der Waals surface area contributed by atoms with Crippen LogP contribution in [0.25, 0.3) is 0 Å². The minimum Gasteiger partial charge on any atom is -0.480 e. The predicted molar refractivity (Wildman–Crippen MR) is 78.6 cm³/mol. The van der Waals surface area contributed by atoms with Gasteiger partial charge in [0.1, 0.15) is 6.04 Å². The van der Waals surface area contributed by atoms with Gasteiger partial charge in [0.2, 0.25) is 0 Å². The van der Waals surface area contributed by atoms with Crippen molar-refractivity contribution >= 4 is 23.8 Å². The number of amides is 2. The summed E-state index contributed by atoms with van der Waals surface area (Å²) < 4.78 is 0. The number of carboxylic acid groups (broad SMARTS) is 1. The molecule has 0 aliphatic carbocycles. The van der Waals surface area contributed by atoms with Gasteiger partial charge in [-0.1, -0.05) is 12.1 Å². The van der Waals surface area contributed by atoms with E-state index in [0.717, 1.165) is 5.56 Å². The summed E-state index contributed by atoms with van der Waals surface area (Å²) in [6, 6.07) is 7.73. The van der Waals surface area contributed by atoms with Crippen molar-refractivity contribution in [2.45, 2.75) is 24.9 Å². The highest BCUT2D eigenvalue weighted by Gasteiger charge is 2.39. The fourth-order valence-electron chi connectivity index (χ4n) is 2.11. The van der Waals surface area contributed by atoms with Gasteiger partial charge in [0.05, 0.1) is 17.0 Å². The smallest absolute Gasteiger partial charge is 0.327 e. The molecule has 0 aromatic heterocycles. The lowest BCUT2D eigenvalue weighted by Gasteiger charge is -2.25. The average Bonchev–Trinajstić information content (AvgIpc) is 2.87. The second kappa shape index (κ2) is 6.50. The summed E-state index contributed by atoms with van der Waals surface area (Å²) in [5.74, 6) is -0.582. The number of carbonyl (C=O) groups excluding carboxylic acids is 1. The summed E-state index contributed by atoms with van der Waals surface area (Å²) in [6.45, 7) is 2.11. The summed E-state index contributed by atoms with van der Waals surface area (Å²) in [4.78, 5) is 24.7. The molecule has 0 spiro atoms. The van der Waals surface area contributed by atoms with Gasteiger partial charge in [-0.15, -0.1) is 11.8 Å². The van der Waals surface area contributed by atoms with E-state index in [2.05, 4.69) is 5.32 Å². The number of hydrogen-bond acceptors (Lipinski definition) is 4. The molecule has 0 saturated carbocycles. The van der Waals surface area contributed by atoms with Crippen LogP contribution in [0, 0.1) is 11.3 Å². The fourth-order valence-corrected chi connectivity index (χ4v) is 3.27. The van der Waals surface area contributed by atoms with Gasteiger partial charge in [-0.2, -0.15) is 5.26 Å². The second-order valence-corrected chi connectivity index (χ2v) is 6.01. The van der Waals surface area contributed by atoms with Gasteiger partial charge >= 0.3 is 12.0 Å². The maximum Gasteiger partial charge on any atom is 0.327 e. The Kier molecular flexibility index (Phi) is 4.70. The van der Waals surface area contributed by atoms with Gasteiger partial charge in [-0.3, -0.25) is 4.90 Å². The number of urea groups is 1. The van der Waals surface area contributed by atoms with E-state index in [0.29, 0.717) is 17.9 Å². The third-order valence-electron chi connectivity index (χ3n) is 3.27. The molecule has 7 heteroatoms. The molecule has 1 aliphatic heterocycles. The van der Waals surface area contributed by atoms with Crippen molar-refractivity contribution in [3.63, 3.8) is 0 Å². The quantitative estimate of drug-likeness (QED) is 0.885. The zero-order chi connectivity index (χ0) is 15.4. The monoisotopic (exact) mass is 305 g/mol. The molecule has 1 aromatic carbocycles. The highest BCUT2D eigenvalue weighted by molar-refractivity contribution is 8.00. The molecule has 1 aromatic rings. The Bertz CT molecular complexity index is 582. The van der Waals surface area contributed by atoms with Crippen LogP contribution in [-0.4, -0.2) is 39.2 Å². The van der Waals surface area contributed by atoms with Crippen LogP contribution >= 0.6 is 11.8 Å². The minimum absolute atomic E-state index is 0.160.